The van der Waals surface area contributed by atoms with Gasteiger partial charge in [-0.2, -0.15) is 4.98 Å². The van der Waals surface area contributed by atoms with E-state index in [0.717, 1.165) is 30.7 Å². The molecule has 1 aliphatic carbocycles. The molecule has 1 aromatic heterocycles. The van der Waals surface area contributed by atoms with Gasteiger partial charge >= 0.3 is 0 Å². The van der Waals surface area contributed by atoms with E-state index in [0.29, 0.717) is 18.0 Å². The maximum Gasteiger partial charge on any atom is 0.244 e. The highest BCUT2D eigenvalue weighted by atomic mass is 16.5. The molecule has 1 aromatic rings. The topological polar surface area (TPSA) is 54.2 Å². The third-order valence-corrected chi connectivity index (χ3v) is 5.26. The van der Waals surface area contributed by atoms with Crippen LogP contribution in [0.3, 0.4) is 0 Å². The number of nitrogens with zero attached hydrogens (tertiary/aromatic N) is 3. The van der Waals surface area contributed by atoms with Gasteiger partial charge < -0.3 is 9.84 Å². The lowest BCUT2D eigenvalue weighted by molar-refractivity contribution is 0.126. The molecule has 5 heteroatoms. The Balaban J connectivity index is 1.49. The first-order valence-corrected chi connectivity index (χ1v) is 8.13. The summed E-state index contributed by atoms with van der Waals surface area (Å²) >= 11 is 0. The minimum absolute atomic E-state index is 0.369. The maximum atomic E-state index is 5.60. The second-order valence-corrected chi connectivity index (χ2v) is 6.69. The van der Waals surface area contributed by atoms with Gasteiger partial charge in [0, 0.05) is 12.0 Å². The summed E-state index contributed by atoms with van der Waals surface area (Å²) in [5.74, 6) is 3.12. The maximum absolute atomic E-state index is 5.60. The highest BCUT2D eigenvalue weighted by Crippen LogP contribution is 2.46. The first kappa shape index (κ1) is 12.8. The molecule has 3 fully saturated rings. The van der Waals surface area contributed by atoms with Crippen molar-refractivity contribution < 1.29 is 4.52 Å². The highest BCUT2D eigenvalue weighted by Gasteiger charge is 2.40. The van der Waals surface area contributed by atoms with Gasteiger partial charge in [-0.05, 0) is 57.7 Å². The van der Waals surface area contributed by atoms with Crippen LogP contribution >= 0.6 is 0 Å². The number of hydrogen-bond donors (Lipinski definition) is 1. The average molecular weight is 276 g/mol. The lowest BCUT2D eigenvalue weighted by Crippen LogP contribution is -2.42. The number of hydrogen-bond acceptors (Lipinski definition) is 5. The fourth-order valence-corrected chi connectivity index (χ4v) is 3.84. The van der Waals surface area contributed by atoms with Crippen molar-refractivity contribution in [1.29, 1.82) is 0 Å². The van der Waals surface area contributed by atoms with E-state index in [9.17, 15) is 0 Å². The van der Waals surface area contributed by atoms with Gasteiger partial charge in [-0.1, -0.05) is 12.1 Å². The first-order chi connectivity index (χ1) is 9.83. The summed E-state index contributed by atoms with van der Waals surface area (Å²) in [5.41, 5.74) is 0. The van der Waals surface area contributed by atoms with E-state index in [4.69, 9.17) is 9.51 Å². The second-order valence-electron chi connectivity index (χ2n) is 6.69. The van der Waals surface area contributed by atoms with Crippen LogP contribution < -0.4 is 5.32 Å². The molecule has 3 atom stereocenters. The van der Waals surface area contributed by atoms with Crippen molar-refractivity contribution in [2.75, 3.05) is 19.6 Å². The van der Waals surface area contributed by atoms with E-state index in [1.54, 1.807) is 0 Å². The third kappa shape index (κ3) is 2.27. The number of aromatic nitrogens is 2. The molecule has 0 radical (unpaired) electrons. The van der Waals surface area contributed by atoms with E-state index in [2.05, 4.69) is 22.3 Å². The number of piperidine rings is 1. The molecular formula is C15H24N4O. The van der Waals surface area contributed by atoms with Crippen molar-refractivity contribution in [2.45, 2.75) is 57.0 Å². The van der Waals surface area contributed by atoms with E-state index in [1.165, 1.54) is 38.6 Å². The van der Waals surface area contributed by atoms with E-state index in [-0.39, 0.29) is 0 Å². The average Bonchev–Trinajstić information content (AvgIpc) is 2.93. The molecule has 2 saturated heterocycles. The molecule has 20 heavy (non-hydrogen) atoms. The molecule has 0 spiro atoms. The molecule has 3 aliphatic rings. The monoisotopic (exact) mass is 276 g/mol. The van der Waals surface area contributed by atoms with Crippen molar-refractivity contribution >= 4 is 0 Å². The fraction of sp³-hybridized carbons (Fsp3) is 0.867. The second kappa shape index (κ2) is 5.11. The van der Waals surface area contributed by atoms with Crippen LogP contribution in [0, 0.1) is 5.92 Å². The van der Waals surface area contributed by atoms with Crippen LogP contribution in [-0.4, -0.2) is 40.7 Å². The number of nitrogens with one attached hydrogen (secondary N) is 1. The van der Waals surface area contributed by atoms with E-state index < -0.39 is 0 Å². The van der Waals surface area contributed by atoms with Gasteiger partial charge in [0.05, 0.1) is 6.04 Å². The molecule has 0 amide bonds. The third-order valence-electron chi connectivity index (χ3n) is 5.26. The fourth-order valence-electron chi connectivity index (χ4n) is 3.84. The van der Waals surface area contributed by atoms with Gasteiger partial charge in [0.15, 0.2) is 5.82 Å². The molecular weight excluding hydrogens is 252 g/mol. The van der Waals surface area contributed by atoms with Gasteiger partial charge in [-0.15, -0.1) is 0 Å². The zero-order valence-corrected chi connectivity index (χ0v) is 12.2. The number of likely N-dealkylation sites (tertiary alicyclic amines) is 1. The van der Waals surface area contributed by atoms with Crippen molar-refractivity contribution in [3.63, 3.8) is 0 Å². The Morgan fingerprint density at radius 3 is 2.80 bits per heavy atom. The summed E-state index contributed by atoms with van der Waals surface area (Å²) in [6.07, 6.45) is 6.15. The van der Waals surface area contributed by atoms with Crippen LogP contribution in [0.15, 0.2) is 4.52 Å². The van der Waals surface area contributed by atoms with Crippen molar-refractivity contribution in [3.8, 4) is 0 Å². The minimum Gasteiger partial charge on any atom is -0.338 e. The molecule has 3 heterocycles. The van der Waals surface area contributed by atoms with Gasteiger partial charge in [0.2, 0.25) is 5.89 Å². The summed E-state index contributed by atoms with van der Waals surface area (Å²) in [6.45, 7) is 5.73. The van der Waals surface area contributed by atoms with Gasteiger partial charge in [0.25, 0.3) is 0 Å². The summed E-state index contributed by atoms with van der Waals surface area (Å²) in [5, 5.41) is 7.67. The molecule has 5 nitrogen and oxygen atoms in total. The standard InChI is InChI=1S/C15H24N4O/c1-10-9-12(10)14-17-15(20-18-14)13-3-2-8-19(13)11-4-6-16-7-5-11/h10-13,16H,2-9H2,1H3. The molecule has 0 bridgehead atoms. The van der Waals surface area contributed by atoms with E-state index >= 15 is 0 Å². The van der Waals surface area contributed by atoms with Crippen LogP contribution in [0.25, 0.3) is 0 Å². The van der Waals surface area contributed by atoms with Crippen LogP contribution in [0.2, 0.25) is 0 Å². The Labute approximate surface area is 120 Å². The lowest BCUT2D eigenvalue weighted by Gasteiger charge is -2.34. The minimum atomic E-state index is 0.369. The summed E-state index contributed by atoms with van der Waals surface area (Å²) in [4.78, 5) is 7.33. The Morgan fingerprint density at radius 2 is 2.05 bits per heavy atom. The first-order valence-electron chi connectivity index (χ1n) is 8.13. The van der Waals surface area contributed by atoms with Crippen LogP contribution in [0.1, 0.15) is 62.7 Å². The molecule has 1 N–H and O–H groups in total. The number of rotatable bonds is 3. The van der Waals surface area contributed by atoms with Crippen molar-refractivity contribution in [3.05, 3.63) is 11.7 Å². The Kier molecular flexibility index (Phi) is 3.27. The summed E-state index contributed by atoms with van der Waals surface area (Å²) in [7, 11) is 0. The zero-order valence-electron chi connectivity index (χ0n) is 12.2. The van der Waals surface area contributed by atoms with Gasteiger partial charge in [-0.3, -0.25) is 4.90 Å². The zero-order chi connectivity index (χ0) is 13.5. The predicted octanol–water partition coefficient (Wildman–Crippen LogP) is 2.08. The van der Waals surface area contributed by atoms with E-state index in [1.807, 2.05) is 0 Å². The smallest absolute Gasteiger partial charge is 0.244 e. The Bertz CT molecular complexity index is 468. The molecule has 3 unspecified atom stereocenters. The predicted molar refractivity (Wildman–Crippen MR) is 75.4 cm³/mol. The van der Waals surface area contributed by atoms with Gasteiger partial charge in [-0.25, -0.2) is 0 Å². The van der Waals surface area contributed by atoms with Crippen LogP contribution in [0.5, 0.6) is 0 Å². The lowest BCUT2D eigenvalue weighted by atomic mass is 10.0. The van der Waals surface area contributed by atoms with Gasteiger partial charge in [0.1, 0.15) is 0 Å². The molecule has 110 valence electrons. The quantitative estimate of drug-likeness (QED) is 0.916. The Morgan fingerprint density at radius 1 is 1.25 bits per heavy atom. The van der Waals surface area contributed by atoms with Crippen molar-refractivity contribution in [1.82, 2.24) is 20.4 Å². The summed E-state index contributed by atoms with van der Waals surface area (Å²) < 4.78 is 5.60. The van der Waals surface area contributed by atoms with Crippen LogP contribution in [-0.2, 0) is 0 Å². The molecule has 1 saturated carbocycles. The van der Waals surface area contributed by atoms with Crippen LogP contribution in [0.4, 0.5) is 0 Å². The highest BCUT2D eigenvalue weighted by molar-refractivity contribution is 5.09. The van der Waals surface area contributed by atoms with Crippen molar-refractivity contribution in [2.24, 2.45) is 5.92 Å². The SMILES string of the molecule is CC1CC1c1noc(C2CCCN2C2CCNCC2)n1. The normalized spacial score (nSPS) is 35.5. The largest absolute Gasteiger partial charge is 0.338 e. The summed E-state index contributed by atoms with van der Waals surface area (Å²) in [6, 6.07) is 1.06. The Hall–Kier alpha value is -0.940. The molecule has 0 aromatic carbocycles. The molecule has 4 rings (SSSR count). The molecule has 2 aliphatic heterocycles.